The summed E-state index contributed by atoms with van der Waals surface area (Å²) in [6.07, 6.45) is -2.23. The normalized spacial score (nSPS) is 9.50. The lowest BCUT2D eigenvalue weighted by Gasteiger charge is -2.08. The minimum absolute atomic E-state index is 0.102. The van der Waals surface area contributed by atoms with Crippen LogP contribution in [0, 0.1) is 0 Å². The molecule has 0 radical (unpaired) electrons. The van der Waals surface area contributed by atoms with Gasteiger partial charge in [-0.3, -0.25) is 0 Å². The van der Waals surface area contributed by atoms with Gasteiger partial charge in [-0.1, -0.05) is 23.7 Å². The SMILES string of the molecule is CCOC(=O)Oc1ccccc1C(=O)OC(=O)OCCl. The molecule has 0 aliphatic rings. The zero-order valence-electron chi connectivity index (χ0n) is 10.5. The monoisotopic (exact) mass is 302 g/mol. The Bertz CT molecular complexity index is 500. The van der Waals surface area contributed by atoms with Crippen molar-refractivity contribution in [1.82, 2.24) is 0 Å². The van der Waals surface area contributed by atoms with E-state index in [4.69, 9.17) is 16.3 Å². The lowest BCUT2D eigenvalue weighted by Crippen LogP contribution is -2.16. The molecule has 0 atom stereocenters. The lowest BCUT2D eigenvalue weighted by molar-refractivity contribution is 0.0431. The molecule has 0 amide bonds. The number of esters is 1. The number of carbonyl (C=O) groups excluding carboxylic acids is 3. The van der Waals surface area contributed by atoms with Gasteiger partial charge in [0.25, 0.3) is 0 Å². The Balaban J connectivity index is 2.81. The molecule has 0 unspecified atom stereocenters. The van der Waals surface area contributed by atoms with E-state index in [0.717, 1.165) is 0 Å². The van der Waals surface area contributed by atoms with E-state index in [1.165, 1.54) is 24.3 Å². The van der Waals surface area contributed by atoms with E-state index in [1.54, 1.807) is 6.92 Å². The number of halogens is 1. The van der Waals surface area contributed by atoms with Crippen LogP contribution in [-0.2, 0) is 14.2 Å². The second kappa shape index (κ2) is 8.00. The van der Waals surface area contributed by atoms with Crippen molar-refractivity contribution in [1.29, 1.82) is 0 Å². The summed E-state index contributed by atoms with van der Waals surface area (Å²) in [5.41, 5.74) is -0.132. The van der Waals surface area contributed by atoms with E-state index < -0.39 is 24.3 Å². The van der Waals surface area contributed by atoms with Gasteiger partial charge in [0, 0.05) is 0 Å². The summed E-state index contributed by atoms with van der Waals surface area (Å²) in [5.74, 6) is -1.14. The number of hydrogen-bond acceptors (Lipinski definition) is 7. The van der Waals surface area contributed by atoms with Crippen molar-refractivity contribution in [3.05, 3.63) is 29.8 Å². The largest absolute Gasteiger partial charge is 0.517 e. The highest BCUT2D eigenvalue weighted by Gasteiger charge is 2.20. The number of ether oxygens (including phenoxy) is 4. The van der Waals surface area contributed by atoms with Crippen LogP contribution in [0.1, 0.15) is 17.3 Å². The first kappa shape index (κ1) is 15.8. The molecule has 108 valence electrons. The third kappa shape index (κ3) is 4.77. The fraction of sp³-hybridized carbons (Fsp3) is 0.250. The number of rotatable bonds is 4. The topological polar surface area (TPSA) is 88.1 Å². The maximum Gasteiger partial charge on any atom is 0.517 e. The Labute approximate surface area is 119 Å². The van der Waals surface area contributed by atoms with Gasteiger partial charge in [0.2, 0.25) is 0 Å². The highest BCUT2D eigenvalue weighted by atomic mass is 35.5. The van der Waals surface area contributed by atoms with Crippen LogP contribution in [0.25, 0.3) is 0 Å². The van der Waals surface area contributed by atoms with Crippen LogP contribution in [0.3, 0.4) is 0 Å². The van der Waals surface area contributed by atoms with Crippen LogP contribution in [0.5, 0.6) is 5.75 Å². The minimum Gasteiger partial charge on any atom is -0.434 e. The maximum absolute atomic E-state index is 11.7. The van der Waals surface area contributed by atoms with Crippen LogP contribution in [0.4, 0.5) is 9.59 Å². The third-order valence-electron chi connectivity index (χ3n) is 1.91. The molecular weight excluding hydrogens is 292 g/mol. The molecule has 0 spiro atoms. The summed E-state index contributed by atoms with van der Waals surface area (Å²) < 4.78 is 18.0. The second-order valence-corrected chi connectivity index (χ2v) is 3.39. The number of alkyl halides is 1. The first-order chi connectivity index (χ1) is 9.58. The molecule has 1 aromatic carbocycles. The molecule has 0 saturated heterocycles. The van der Waals surface area contributed by atoms with E-state index in [0.29, 0.717) is 0 Å². The second-order valence-electron chi connectivity index (χ2n) is 3.17. The van der Waals surface area contributed by atoms with E-state index in [9.17, 15) is 14.4 Å². The summed E-state index contributed by atoms with van der Waals surface area (Å²) in [6.45, 7) is 1.72. The van der Waals surface area contributed by atoms with E-state index in [-0.39, 0.29) is 17.9 Å². The predicted octanol–water partition coefficient (Wildman–Crippen LogP) is 2.71. The summed E-state index contributed by atoms with van der Waals surface area (Å²) in [5, 5.41) is 0. The first-order valence-corrected chi connectivity index (χ1v) is 6.00. The molecule has 1 aromatic rings. The quantitative estimate of drug-likeness (QED) is 0.365. The number of carbonyl (C=O) groups is 3. The van der Waals surface area contributed by atoms with Crippen molar-refractivity contribution in [3.63, 3.8) is 0 Å². The fourth-order valence-corrected chi connectivity index (χ4v) is 1.26. The van der Waals surface area contributed by atoms with Crippen molar-refractivity contribution >= 4 is 29.9 Å². The Morgan fingerprint density at radius 3 is 2.45 bits per heavy atom. The van der Waals surface area contributed by atoms with Crippen molar-refractivity contribution in [2.75, 3.05) is 12.7 Å². The molecule has 0 heterocycles. The molecule has 0 fully saturated rings. The van der Waals surface area contributed by atoms with Crippen molar-refractivity contribution in [2.24, 2.45) is 0 Å². The molecule has 0 aliphatic carbocycles. The average Bonchev–Trinajstić information content (AvgIpc) is 2.39. The molecule has 0 bridgehead atoms. The van der Waals surface area contributed by atoms with Gasteiger partial charge in [-0.05, 0) is 19.1 Å². The molecular formula is C12H11ClO7. The van der Waals surface area contributed by atoms with Crippen molar-refractivity contribution < 1.29 is 33.3 Å². The lowest BCUT2D eigenvalue weighted by atomic mass is 10.2. The standard InChI is InChI=1S/C12H11ClO7/c1-2-17-11(15)19-9-6-4-3-5-8(9)10(14)20-12(16)18-7-13/h3-6H,2,7H2,1H3. The van der Waals surface area contributed by atoms with Crippen LogP contribution in [0.2, 0.25) is 0 Å². The Morgan fingerprint density at radius 1 is 1.10 bits per heavy atom. The zero-order chi connectivity index (χ0) is 15.0. The van der Waals surface area contributed by atoms with Crippen molar-refractivity contribution in [2.45, 2.75) is 6.92 Å². The third-order valence-corrected chi connectivity index (χ3v) is 2.02. The summed E-state index contributed by atoms with van der Waals surface area (Å²) in [6, 6.07) is 5.24. The molecule has 0 aromatic heterocycles. The minimum atomic E-state index is -1.25. The first-order valence-electron chi connectivity index (χ1n) is 5.47. The molecule has 20 heavy (non-hydrogen) atoms. The molecule has 0 N–H and O–H groups in total. The zero-order valence-corrected chi connectivity index (χ0v) is 11.2. The van der Waals surface area contributed by atoms with Gasteiger partial charge in [-0.2, -0.15) is 0 Å². The van der Waals surface area contributed by atoms with Gasteiger partial charge in [0.05, 0.1) is 6.61 Å². The Morgan fingerprint density at radius 2 is 1.80 bits per heavy atom. The molecule has 1 rings (SSSR count). The number of para-hydroxylation sites is 1. The van der Waals surface area contributed by atoms with Crippen LogP contribution in [0.15, 0.2) is 24.3 Å². The van der Waals surface area contributed by atoms with Crippen molar-refractivity contribution in [3.8, 4) is 5.75 Å². The van der Waals surface area contributed by atoms with Gasteiger partial charge in [0.1, 0.15) is 11.3 Å². The maximum atomic E-state index is 11.7. The highest BCUT2D eigenvalue weighted by Crippen LogP contribution is 2.19. The van der Waals surface area contributed by atoms with E-state index in [2.05, 4.69) is 14.2 Å². The number of benzene rings is 1. The molecule has 8 heteroatoms. The summed E-state index contributed by atoms with van der Waals surface area (Å²) >= 11 is 5.14. The summed E-state index contributed by atoms with van der Waals surface area (Å²) in [4.78, 5) is 33.9. The van der Waals surface area contributed by atoms with E-state index >= 15 is 0 Å². The molecule has 0 aliphatic heterocycles. The van der Waals surface area contributed by atoms with Gasteiger partial charge in [0.15, 0.2) is 6.07 Å². The van der Waals surface area contributed by atoms with Gasteiger partial charge in [-0.15, -0.1) is 0 Å². The number of hydrogen-bond donors (Lipinski definition) is 0. The molecule has 0 saturated carbocycles. The Hall–Kier alpha value is -2.28. The van der Waals surface area contributed by atoms with Gasteiger partial charge >= 0.3 is 18.3 Å². The highest BCUT2D eigenvalue weighted by molar-refractivity contribution is 6.17. The van der Waals surface area contributed by atoms with Crippen LogP contribution in [-0.4, -0.2) is 31.0 Å². The van der Waals surface area contributed by atoms with Gasteiger partial charge < -0.3 is 18.9 Å². The Kier molecular flexibility index (Phi) is 6.31. The fourth-order valence-electron chi connectivity index (χ4n) is 1.17. The predicted molar refractivity (Wildman–Crippen MR) is 66.7 cm³/mol. The van der Waals surface area contributed by atoms with Crippen LogP contribution >= 0.6 is 11.6 Å². The smallest absolute Gasteiger partial charge is 0.434 e. The summed E-state index contributed by atoms with van der Waals surface area (Å²) in [7, 11) is 0. The molecule has 7 nitrogen and oxygen atoms in total. The van der Waals surface area contributed by atoms with E-state index in [1.807, 2.05) is 0 Å². The van der Waals surface area contributed by atoms with Gasteiger partial charge in [-0.25, -0.2) is 14.4 Å². The average molecular weight is 303 g/mol. The van der Waals surface area contributed by atoms with Crippen LogP contribution < -0.4 is 4.74 Å².